The Morgan fingerprint density at radius 2 is 1.80 bits per heavy atom. The molecule has 0 aliphatic rings. The molecule has 178 valence electrons. The summed E-state index contributed by atoms with van der Waals surface area (Å²) in [6.45, 7) is 2.34. The van der Waals surface area contributed by atoms with E-state index in [4.69, 9.17) is 32.9 Å². The Morgan fingerprint density at radius 3 is 2.51 bits per heavy atom. The number of anilines is 1. The number of halogens is 2. The van der Waals surface area contributed by atoms with Gasteiger partial charge in [0, 0.05) is 21.9 Å². The molecule has 2 N–H and O–H groups in total. The van der Waals surface area contributed by atoms with Crippen LogP contribution in [0.4, 0.5) is 5.69 Å². The molecule has 1 heterocycles. The average Bonchev–Trinajstić information content (AvgIpc) is 3.20. The molecule has 0 fully saturated rings. The van der Waals surface area contributed by atoms with Crippen molar-refractivity contribution in [1.29, 1.82) is 0 Å². The number of carboxylic acids is 1. The number of nitrogens with zero attached hydrogens (tertiary/aromatic N) is 1. The van der Waals surface area contributed by atoms with Crippen LogP contribution in [0.25, 0.3) is 10.6 Å². The Morgan fingerprint density at radius 1 is 1.03 bits per heavy atom. The number of thiazole rings is 1. The Kier molecular flexibility index (Phi) is 7.70. The highest BCUT2D eigenvalue weighted by atomic mass is 35.5. The first kappa shape index (κ1) is 24.7. The van der Waals surface area contributed by atoms with Crippen molar-refractivity contribution in [3.63, 3.8) is 0 Å². The highest BCUT2D eigenvalue weighted by molar-refractivity contribution is 7.15. The maximum atomic E-state index is 12.6. The van der Waals surface area contributed by atoms with E-state index in [0.717, 1.165) is 21.1 Å². The van der Waals surface area contributed by atoms with Gasteiger partial charge in [0.2, 0.25) is 0 Å². The van der Waals surface area contributed by atoms with Gasteiger partial charge in [0.1, 0.15) is 10.8 Å². The van der Waals surface area contributed by atoms with Gasteiger partial charge < -0.3 is 15.2 Å². The SMILES string of the molecule is Cc1sc(-c2ccccc2)nc1CCOc1ccc(NC(=O)c2ccc(Cl)cc2Cl)c(C(=O)O)c1. The molecule has 1 amide bonds. The quantitative estimate of drug-likeness (QED) is 0.258. The maximum absolute atomic E-state index is 12.6. The van der Waals surface area contributed by atoms with E-state index in [1.54, 1.807) is 17.4 Å². The van der Waals surface area contributed by atoms with E-state index in [1.165, 1.54) is 30.3 Å². The summed E-state index contributed by atoms with van der Waals surface area (Å²) in [5.74, 6) is -1.37. The first-order valence-electron chi connectivity index (χ1n) is 10.6. The third-order valence-corrected chi connectivity index (χ3v) is 6.78. The van der Waals surface area contributed by atoms with Gasteiger partial charge in [-0.1, -0.05) is 53.5 Å². The zero-order valence-electron chi connectivity index (χ0n) is 18.5. The first-order valence-corrected chi connectivity index (χ1v) is 12.2. The fourth-order valence-corrected chi connectivity index (χ4v) is 4.85. The van der Waals surface area contributed by atoms with E-state index in [0.29, 0.717) is 23.8 Å². The Hall–Kier alpha value is -3.39. The number of amides is 1. The monoisotopic (exact) mass is 526 g/mol. The molecule has 0 atom stereocenters. The summed E-state index contributed by atoms with van der Waals surface area (Å²) < 4.78 is 5.80. The number of carbonyl (C=O) groups excluding carboxylic acids is 1. The van der Waals surface area contributed by atoms with Gasteiger partial charge in [-0.2, -0.15) is 0 Å². The lowest BCUT2D eigenvalue weighted by atomic mass is 10.1. The summed E-state index contributed by atoms with van der Waals surface area (Å²) in [7, 11) is 0. The molecule has 0 saturated carbocycles. The van der Waals surface area contributed by atoms with Crippen molar-refractivity contribution >= 4 is 52.1 Å². The van der Waals surface area contributed by atoms with Crippen molar-refractivity contribution in [2.24, 2.45) is 0 Å². The molecule has 3 aromatic carbocycles. The van der Waals surface area contributed by atoms with Gasteiger partial charge in [-0.15, -0.1) is 11.3 Å². The Balaban J connectivity index is 1.43. The van der Waals surface area contributed by atoms with Gasteiger partial charge in [-0.25, -0.2) is 9.78 Å². The number of hydrogen-bond donors (Lipinski definition) is 2. The van der Waals surface area contributed by atoms with Crippen LogP contribution in [-0.4, -0.2) is 28.6 Å². The molecule has 0 aliphatic carbocycles. The molecule has 4 rings (SSSR count). The number of rotatable bonds is 8. The lowest BCUT2D eigenvalue weighted by Gasteiger charge is -2.12. The molecule has 0 aliphatic heterocycles. The van der Waals surface area contributed by atoms with E-state index in [2.05, 4.69) is 5.32 Å². The molecular weight excluding hydrogens is 507 g/mol. The topological polar surface area (TPSA) is 88.5 Å². The number of nitrogens with one attached hydrogen (secondary N) is 1. The largest absolute Gasteiger partial charge is 0.493 e. The minimum Gasteiger partial charge on any atom is -0.493 e. The van der Waals surface area contributed by atoms with Gasteiger partial charge in [-0.3, -0.25) is 4.79 Å². The summed E-state index contributed by atoms with van der Waals surface area (Å²) in [5, 5.41) is 13.8. The third kappa shape index (κ3) is 6.00. The number of aryl methyl sites for hydroxylation is 1. The number of aromatic carboxylic acids is 1. The fourth-order valence-electron chi connectivity index (χ4n) is 3.39. The van der Waals surface area contributed by atoms with E-state index in [9.17, 15) is 14.7 Å². The van der Waals surface area contributed by atoms with Crippen LogP contribution in [0.15, 0.2) is 66.7 Å². The highest BCUT2D eigenvalue weighted by Crippen LogP contribution is 2.29. The van der Waals surface area contributed by atoms with Gasteiger partial charge in [0.15, 0.2) is 0 Å². The summed E-state index contributed by atoms with van der Waals surface area (Å²) in [4.78, 5) is 30.3. The average molecular weight is 527 g/mol. The van der Waals surface area contributed by atoms with Crippen molar-refractivity contribution in [3.8, 4) is 16.3 Å². The van der Waals surface area contributed by atoms with Crippen LogP contribution in [0.5, 0.6) is 5.75 Å². The predicted molar refractivity (Wildman–Crippen MR) is 139 cm³/mol. The third-order valence-electron chi connectivity index (χ3n) is 5.17. The summed E-state index contributed by atoms with van der Waals surface area (Å²) >= 11 is 13.6. The van der Waals surface area contributed by atoms with Crippen LogP contribution in [0.2, 0.25) is 10.0 Å². The number of aromatic nitrogens is 1. The second-order valence-electron chi connectivity index (χ2n) is 7.58. The number of hydrogen-bond acceptors (Lipinski definition) is 5. The van der Waals surface area contributed by atoms with E-state index in [-0.39, 0.29) is 21.8 Å². The minimum absolute atomic E-state index is 0.0999. The fraction of sp³-hybridized carbons (Fsp3) is 0.115. The number of ether oxygens (including phenoxy) is 1. The molecule has 35 heavy (non-hydrogen) atoms. The van der Waals surface area contributed by atoms with Crippen molar-refractivity contribution < 1.29 is 19.4 Å². The minimum atomic E-state index is -1.20. The van der Waals surface area contributed by atoms with Crippen molar-refractivity contribution in [3.05, 3.63) is 98.5 Å². The van der Waals surface area contributed by atoms with Crippen LogP contribution < -0.4 is 10.1 Å². The normalized spacial score (nSPS) is 10.7. The van der Waals surface area contributed by atoms with E-state index < -0.39 is 11.9 Å². The van der Waals surface area contributed by atoms with Crippen LogP contribution >= 0.6 is 34.5 Å². The van der Waals surface area contributed by atoms with Crippen LogP contribution in [0.1, 0.15) is 31.3 Å². The van der Waals surface area contributed by atoms with Gasteiger partial charge in [0.05, 0.1) is 34.1 Å². The Labute approximate surface area is 216 Å². The molecule has 9 heteroatoms. The van der Waals surface area contributed by atoms with Gasteiger partial charge >= 0.3 is 5.97 Å². The van der Waals surface area contributed by atoms with Gasteiger partial charge in [-0.05, 0) is 43.3 Å². The number of carbonyl (C=O) groups is 2. The zero-order valence-corrected chi connectivity index (χ0v) is 20.9. The summed E-state index contributed by atoms with van der Waals surface area (Å²) in [6.07, 6.45) is 0.575. The van der Waals surface area contributed by atoms with Crippen LogP contribution in [0.3, 0.4) is 0 Å². The number of carboxylic acid groups (broad SMARTS) is 1. The maximum Gasteiger partial charge on any atom is 0.337 e. The zero-order chi connectivity index (χ0) is 24.9. The lowest BCUT2D eigenvalue weighted by Crippen LogP contribution is -2.15. The Bertz CT molecular complexity index is 1390. The van der Waals surface area contributed by atoms with E-state index in [1.807, 2.05) is 37.3 Å². The van der Waals surface area contributed by atoms with Gasteiger partial charge in [0.25, 0.3) is 5.91 Å². The molecule has 0 spiro atoms. The second kappa shape index (κ2) is 10.9. The summed E-state index contributed by atoms with van der Waals surface area (Å²) in [5.41, 5.74) is 2.22. The number of benzene rings is 3. The standard InChI is InChI=1S/C26H20Cl2N2O4S/c1-15-22(30-25(35-15)16-5-3-2-4-6-16)11-12-34-18-8-10-23(20(14-18)26(32)33)29-24(31)19-9-7-17(27)13-21(19)28/h2-10,13-14H,11-12H2,1H3,(H,29,31)(H,32,33). The summed E-state index contributed by atoms with van der Waals surface area (Å²) in [6, 6.07) is 18.9. The molecule has 0 unspecified atom stereocenters. The lowest BCUT2D eigenvalue weighted by molar-refractivity contribution is 0.0697. The molecule has 1 aromatic heterocycles. The molecule has 0 radical (unpaired) electrons. The van der Waals surface area contributed by atoms with Crippen LogP contribution in [0, 0.1) is 6.92 Å². The molecule has 4 aromatic rings. The highest BCUT2D eigenvalue weighted by Gasteiger charge is 2.17. The first-order chi connectivity index (χ1) is 16.8. The van der Waals surface area contributed by atoms with Crippen molar-refractivity contribution in [2.45, 2.75) is 13.3 Å². The van der Waals surface area contributed by atoms with Crippen molar-refractivity contribution in [1.82, 2.24) is 4.98 Å². The van der Waals surface area contributed by atoms with Crippen LogP contribution in [-0.2, 0) is 6.42 Å². The predicted octanol–water partition coefficient (Wildman–Crippen LogP) is 7.00. The molecule has 0 bridgehead atoms. The molecule has 0 saturated heterocycles. The van der Waals surface area contributed by atoms with Crippen molar-refractivity contribution in [2.75, 3.05) is 11.9 Å². The molecule has 6 nitrogen and oxygen atoms in total. The second-order valence-corrected chi connectivity index (χ2v) is 9.62. The molecular formula is C26H20Cl2N2O4S. The smallest absolute Gasteiger partial charge is 0.337 e. The van der Waals surface area contributed by atoms with E-state index >= 15 is 0 Å².